The van der Waals surface area contributed by atoms with E-state index in [0.717, 1.165) is 11.1 Å². The minimum Gasteiger partial charge on any atom is -0.408 e. The molecule has 3 aromatic rings. The molecular formula is C12H9N5O2. The summed E-state index contributed by atoms with van der Waals surface area (Å²) < 4.78 is 4.91. The van der Waals surface area contributed by atoms with Gasteiger partial charge in [0, 0.05) is 5.56 Å². The zero-order valence-electron chi connectivity index (χ0n) is 9.70. The number of benzene rings is 1. The monoisotopic (exact) mass is 255 g/mol. The summed E-state index contributed by atoms with van der Waals surface area (Å²) in [4.78, 5) is 18.3. The molecule has 0 unspecified atom stereocenters. The van der Waals surface area contributed by atoms with Gasteiger partial charge < -0.3 is 15.5 Å². The molecule has 0 aliphatic carbocycles. The number of H-pyrrole nitrogens is 1. The second-order valence-electron chi connectivity index (χ2n) is 3.79. The molecule has 19 heavy (non-hydrogen) atoms. The average molecular weight is 255 g/mol. The largest absolute Gasteiger partial charge is 0.410 e. The Hall–Kier alpha value is -2.96. The highest BCUT2D eigenvalue weighted by molar-refractivity contribution is 5.86. The van der Waals surface area contributed by atoms with E-state index >= 15 is 0 Å². The van der Waals surface area contributed by atoms with Gasteiger partial charge in [0.2, 0.25) is 0 Å². The number of hydrogen-bond acceptors (Lipinski definition) is 5. The Kier molecular flexibility index (Phi) is 2.57. The topological polar surface area (TPSA) is 107 Å². The zero-order valence-corrected chi connectivity index (χ0v) is 9.70. The number of imidazole rings is 1. The number of aromatic amines is 1. The molecule has 0 aliphatic heterocycles. The maximum atomic E-state index is 10.8. The molecule has 1 amide bonds. The number of carbonyl (C=O) groups is 1. The lowest BCUT2D eigenvalue weighted by Gasteiger charge is -1.99. The van der Waals surface area contributed by atoms with Gasteiger partial charge in [0.05, 0.1) is 17.9 Å². The van der Waals surface area contributed by atoms with Gasteiger partial charge in [-0.2, -0.15) is 10.2 Å². The van der Waals surface area contributed by atoms with Crippen LogP contribution in [0.1, 0.15) is 0 Å². The van der Waals surface area contributed by atoms with E-state index in [2.05, 4.69) is 20.2 Å². The summed E-state index contributed by atoms with van der Waals surface area (Å²) in [6.07, 6.45) is 2.29. The number of nitrogens with one attached hydrogen (secondary N) is 1. The highest BCUT2D eigenvalue weighted by Gasteiger charge is 2.11. The maximum absolute atomic E-state index is 10.8. The van der Waals surface area contributed by atoms with Gasteiger partial charge in [-0.3, -0.25) is 0 Å². The van der Waals surface area contributed by atoms with Gasteiger partial charge in [-0.15, -0.1) is 0 Å². The number of fused-ring (bicyclic) bond motifs is 1. The Morgan fingerprint density at radius 3 is 2.89 bits per heavy atom. The Morgan fingerprint density at radius 2 is 2.16 bits per heavy atom. The van der Waals surface area contributed by atoms with Gasteiger partial charge in [0.25, 0.3) is 0 Å². The lowest BCUT2D eigenvalue weighted by Crippen LogP contribution is -2.16. The number of rotatable bonds is 2. The van der Waals surface area contributed by atoms with Crippen LogP contribution in [0, 0.1) is 0 Å². The van der Waals surface area contributed by atoms with E-state index in [9.17, 15) is 4.79 Å². The van der Waals surface area contributed by atoms with Crippen LogP contribution in [0.3, 0.4) is 0 Å². The average Bonchev–Trinajstić information content (AvgIpc) is 2.84. The first-order chi connectivity index (χ1) is 9.24. The Balaban J connectivity index is 2.13. The first kappa shape index (κ1) is 11.1. The molecule has 7 heteroatoms. The smallest absolute Gasteiger partial charge is 0.408 e. The highest BCUT2D eigenvalue weighted by atomic mass is 16.5. The van der Waals surface area contributed by atoms with E-state index in [1.54, 1.807) is 30.6 Å². The molecular weight excluding hydrogens is 246 g/mol. The molecule has 0 saturated heterocycles. The molecule has 2 aromatic heterocycles. The minimum atomic E-state index is -0.873. The van der Waals surface area contributed by atoms with Crippen LogP contribution >= 0.6 is 0 Å². The van der Waals surface area contributed by atoms with Crippen molar-refractivity contribution in [2.24, 2.45) is 5.73 Å². The van der Waals surface area contributed by atoms with Gasteiger partial charge in [0.1, 0.15) is 11.3 Å². The van der Waals surface area contributed by atoms with Crippen molar-refractivity contribution in [2.75, 3.05) is 0 Å². The Labute approximate surface area is 107 Å². The third kappa shape index (κ3) is 2.08. The molecule has 2 heterocycles. The van der Waals surface area contributed by atoms with E-state index < -0.39 is 6.09 Å². The summed E-state index contributed by atoms with van der Waals surface area (Å²) in [5, 5.41) is 7.49. The van der Waals surface area contributed by atoms with Crippen LogP contribution in [0.4, 0.5) is 4.79 Å². The van der Waals surface area contributed by atoms with Crippen LogP contribution in [0.25, 0.3) is 22.4 Å². The number of hydrogen-bond donors (Lipinski definition) is 2. The third-order valence-corrected chi connectivity index (χ3v) is 2.54. The number of ether oxygens (including phenoxy) is 1. The maximum Gasteiger partial charge on any atom is 0.410 e. The molecule has 0 fully saturated rings. The van der Waals surface area contributed by atoms with Gasteiger partial charge in [0.15, 0.2) is 5.75 Å². The van der Waals surface area contributed by atoms with Gasteiger partial charge >= 0.3 is 6.09 Å². The number of para-hydroxylation sites is 1. The van der Waals surface area contributed by atoms with E-state index in [4.69, 9.17) is 10.5 Å². The fourth-order valence-electron chi connectivity index (χ4n) is 1.76. The molecule has 0 aliphatic rings. The van der Waals surface area contributed by atoms with E-state index in [0.29, 0.717) is 17.1 Å². The second kappa shape index (κ2) is 4.37. The number of primary amides is 1. The zero-order chi connectivity index (χ0) is 13.2. The van der Waals surface area contributed by atoms with E-state index in [-0.39, 0.29) is 0 Å². The van der Waals surface area contributed by atoms with E-state index in [1.165, 1.54) is 0 Å². The Bertz CT molecular complexity index is 738. The highest BCUT2D eigenvalue weighted by Crippen LogP contribution is 2.26. The number of aromatic nitrogens is 4. The first-order valence-corrected chi connectivity index (χ1v) is 5.47. The van der Waals surface area contributed by atoms with Crippen molar-refractivity contribution >= 4 is 17.1 Å². The molecule has 0 radical (unpaired) electrons. The van der Waals surface area contributed by atoms with Crippen LogP contribution in [0.15, 0.2) is 36.7 Å². The summed E-state index contributed by atoms with van der Waals surface area (Å²) in [7, 11) is 0. The molecule has 0 bridgehead atoms. The standard InChI is InChI=1S/C12H9N5O2/c13-12(18)19-9-3-1-2-8-10(9)17-11(16-8)7-4-5-14-15-6-7/h1-6H,(H2,13,18)(H,16,17). The van der Waals surface area contributed by atoms with Crippen molar-refractivity contribution < 1.29 is 9.53 Å². The number of nitrogens with two attached hydrogens (primary N) is 1. The van der Waals surface area contributed by atoms with Crippen molar-refractivity contribution in [1.82, 2.24) is 20.2 Å². The van der Waals surface area contributed by atoms with Gasteiger partial charge in [-0.25, -0.2) is 9.78 Å². The molecule has 7 nitrogen and oxygen atoms in total. The van der Waals surface area contributed by atoms with Crippen molar-refractivity contribution in [2.45, 2.75) is 0 Å². The Morgan fingerprint density at radius 1 is 1.26 bits per heavy atom. The minimum absolute atomic E-state index is 0.314. The van der Waals surface area contributed by atoms with Crippen LogP contribution in [-0.4, -0.2) is 26.3 Å². The third-order valence-electron chi connectivity index (χ3n) is 2.54. The van der Waals surface area contributed by atoms with Crippen molar-refractivity contribution in [1.29, 1.82) is 0 Å². The van der Waals surface area contributed by atoms with Crippen molar-refractivity contribution in [3.8, 4) is 17.1 Å². The summed E-state index contributed by atoms with van der Waals surface area (Å²) in [5.74, 6) is 0.930. The van der Waals surface area contributed by atoms with Gasteiger partial charge in [-0.05, 0) is 18.2 Å². The van der Waals surface area contributed by atoms with Crippen LogP contribution in [0.5, 0.6) is 5.75 Å². The van der Waals surface area contributed by atoms with Crippen LogP contribution < -0.4 is 10.5 Å². The quantitative estimate of drug-likeness (QED) is 0.721. The van der Waals surface area contributed by atoms with E-state index in [1.807, 2.05) is 6.07 Å². The number of nitrogens with zero attached hydrogens (tertiary/aromatic N) is 3. The van der Waals surface area contributed by atoms with Crippen LogP contribution in [-0.2, 0) is 0 Å². The van der Waals surface area contributed by atoms with Gasteiger partial charge in [-0.1, -0.05) is 6.07 Å². The molecule has 3 N–H and O–H groups in total. The molecule has 0 atom stereocenters. The molecule has 0 spiro atoms. The predicted octanol–water partition coefficient (Wildman–Crippen LogP) is 1.48. The normalized spacial score (nSPS) is 10.5. The lowest BCUT2D eigenvalue weighted by molar-refractivity contribution is 0.211. The molecule has 94 valence electrons. The van der Waals surface area contributed by atoms with Crippen LogP contribution in [0.2, 0.25) is 0 Å². The summed E-state index contributed by atoms with van der Waals surface area (Å²) in [5.41, 5.74) is 7.08. The molecule has 3 rings (SSSR count). The molecule has 1 aromatic carbocycles. The SMILES string of the molecule is NC(=O)Oc1cccc2[nH]c(-c3ccnnc3)nc12. The fraction of sp³-hybridized carbons (Fsp3) is 0. The summed E-state index contributed by atoms with van der Waals surface area (Å²) >= 11 is 0. The van der Waals surface area contributed by atoms with Crippen molar-refractivity contribution in [3.63, 3.8) is 0 Å². The lowest BCUT2D eigenvalue weighted by atomic mass is 10.3. The summed E-state index contributed by atoms with van der Waals surface area (Å²) in [6.45, 7) is 0. The number of carbonyl (C=O) groups excluding carboxylic acids is 1. The number of amides is 1. The summed E-state index contributed by atoms with van der Waals surface area (Å²) in [6, 6.07) is 6.98. The predicted molar refractivity (Wildman–Crippen MR) is 67.3 cm³/mol. The fourth-order valence-corrected chi connectivity index (χ4v) is 1.76. The second-order valence-corrected chi connectivity index (χ2v) is 3.79. The van der Waals surface area contributed by atoms with Crippen molar-refractivity contribution in [3.05, 3.63) is 36.7 Å². The first-order valence-electron chi connectivity index (χ1n) is 5.47. The molecule has 0 saturated carbocycles.